The van der Waals surface area contributed by atoms with Crippen LogP contribution in [-0.4, -0.2) is 71.7 Å². The maximum absolute atomic E-state index is 12.5. The fraction of sp³-hybridized carbons (Fsp3) is 0.474. The van der Waals surface area contributed by atoms with Crippen LogP contribution in [0, 0.1) is 5.92 Å². The molecule has 144 valence electrons. The number of amides is 5. The Kier molecular flexibility index (Phi) is 5.16. The van der Waals surface area contributed by atoms with Crippen molar-refractivity contribution in [1.29, 1.82) is 0 Å². The molecule has 0 bridgehead atoms. The summed E-state index contributed by atoms with van der Waals surface area (Å²) in [5, 5.41) is 2.77. The van der Waals surface area contributed by atoms with Gasteiger partial charge in [0.2, 0.25) is 5.91 Å². The van der Waals surface area contributed by atoms with Gasteiger partial charge in [0.25, 0.3) is 11.8 Å². The summed E-state index contributed by atoms with van der Waals surface area (Å²) < 4.78 is 0. The van der Waals surface area contributed by atoms with E-state index in [-0.39, 0.29) is 23.8 Å². The quantitative estimate of drug-likeness (QED) is 0.817. The minimum atomic E-state index is -0.372. The molecule has 1 aromatic rings. The number of piperazine rings is 1. The highest BCUT2D eigenvalue weighted by Gasteiger charge is 2.33. The van der Waals surface area contributed by atoms with Gasteiger partial charge in [-0.1, -0.05) is 13.8 Å². The van der Waals surface area contributed by atoms with Crippen LogP contribution in [0.25, 0.3) is 0 Å². The molecule has 1 N–H and O–H groups in total. The molecule has 3 rings (SSSR count). The number of nitrogens with one attached hydrogen (secondary N) is 1. The number of carbonyl (C=O) groups excluding carboxylic acids is 4. The summed E-state index contributed by atoms with van der Waals surface area (Å²) in [5.74, 6) is -0.276. The number of benzene rings is 1. The third kappa shape index (κ3) is 3.79. The summed E-state index contributed by atoms with van der Waals surface area (Å²) in [5.41, 5.74) is 1.11. The number of rotatable bonds is 3. The third-order valence-corrected chi connectivity index (χ3v) is 4.84. The minimum absolute atomic E-state index is 0.121. The number of hydrogen-bond donors (Lipinski definition) is 1. The van der Waals surface area contributed by atoms with Gasteiger partial charge in [-0.2, -0.15) is 0 Å². The van der Waals surface area contributed by atoms with Crippen molar-refractivity contribution in [2.75, 3.05) is 38.5 Å². The van der Waals surface area contributed by atoms with Gasteiger partial charge in [-0.25, -0.2) is 4.79 Å². The molecule has 0 aliphatic carbocycles. The van der Waals surface area contributed by atoms with Crippen molar-refractivity contribution in [2.24, 2.45) is 5.92 Å². The zero-order valence-electron chi connectivity index (χ0n) is 15.8. The molecule has 8 heteroatoms. The van der Waals surface area contributed by atoms with Crippen LogP contribution in [0.5, 0.6) is 0 Å². The lowest BCUT2D eigenvalue weighted by atomic mass is 10.1. The lowest BCUT2D eigenvalue weighted by Crippen LogP contribution is -2.51. The average molecular weight is 372 g/mol. The van der Waals surface area contributed by atoms with Crippen molar-refractivity contribution in [3.05, 3.63) is 29.3 Å². The Balaban J connectivity index is 1.59. The smallest absolute Gasteiger partial charge is 0.321 e. The largest absolute Gasteiger partial charge is 0.339 e. The Labute approximate surface area is 158 Å². The summed E-state index contributed by atoms with van der Waals surface area (Å²) in [4.78, 5) is 53.1. The maximum Gasteiger partial charge on any atom is 0.321 e. The van der Waals surface area contributed by atoms with E-state index in [2.05, 4.69) is 5.32 Å². The summed E-state index contributed by atoms with van der Waals surface area (Å²) >= 11 is 0. The van der Waals surface area contributed by atoms with Crippen molar-refractivity contribution < 1.29 is 19.2 Å². The van der Waals surface area contributed by atoms with E-state index in [9.17, 15) is 19.2 Å². The predicted molar refractivity (Wildman–Crippen MR) is 99.5 cm³/mol. The number of fused-ring (bicyclic) bond motifs is 1. The summed E-state index contributed by atoms with van der Waals surface area (Å²) in [6, 6.07) is 4.41. The van der Waals surface area contributed by atoms with Gasteiger partial charge in [0, 0.05) is 45.3 Å². The number of anilines is 1. The van der Waals surface area contributed by atoms with E-state index >= 15 is 0 Å². The van der Waals surface area contributed by atoms with Gasteiger partial charge in [-0.05, 0) is 24.1 Å². The highest BCUT2D eigenvalue weighted by atomic mass is 16.2. The normalized spacial score (nSPS) is 16.8. The Morgan fingerprint density at radius 1 is 1.00 bits per heavy atom. The van der Waals surface area contributed by atoms with Gasteiger partial charge < -0.3 is 15.1 Å². The first-order valence-electron chi connectivity index (χ1n) is 9.08. The molecule has 0 unspecified atom stereocenters. The molecule has 2 heterocycles. The van der Waals surface area contributed by atoms with E-state index in [1.165, 1.54) is 13.1 Å². The first-order valence-corrected chi connectivity index (χ1v) is 9.08. The van der Waals surface area contributed by atoms with Gasteiger partial charge in [0.1, 0.15) is 0 Å². The first kappa shape index (κ1) is 18.9. The van der Waals surface area contributed by atoms with E-state index in [1.54, 1.807) is 21.9 Å². The summed E-state index contributed by atoms with van der Waals surface area (Å²) in [6.07, 6.45) is 0.516. The fourth-order valence-electron chi connectivity index (χ4n) is 3.28. The van der Waals surface area contributed by atoms with Crippen LogP contribution in [0.2, 0.25) is 0 Å². The van der Waals surface area contributed by atoms with Crippen LogP contribution < -0.4 is 5.32 Å². The number of carbonyl (C=O) groups is 4. The van der Waals surface area contributed by atoms with Crippen molar-refractivity contribution >= 4 is 29.4 Å². The lowest BCUT2D eigenvalue weighted by molar-refractivity contribution is -0.133. The number of nitrogens with zero attached hydrogens (tertiary/aromatic N) is 3. The Bertz CT molecular complexity index is 797. The Hall–Kier alpha value is -2.90. The van der Waals surface area contributed by atoms with Gasteiger partial charge in [0.15, 0.2) is 0 Å². The maximum atomic E-state index is 12.5. The molecule has 27 heavy (non-hydrogen) atoms. The summed E-state index contributed by atoms with van der Waals surface area (Å²) in [6.45, 7) is 5.96. The van der Waals surface area contributed by atoms with Crippen LogP contribution in [-0.2, 0) is 4.79 Å². The fourth-order valence-corrected chi connectivity index (χ4v) is 3.28. The third-order valence-electron chi connectivity index (χ3n) is 4.84. The lowest BCUT2D eigenvalue weighted by Gasteiger charge is -2.35. The molecule has 0 saturated carbocycles. The van der Waals surface area contributed by atoms with Crippen molar-refractivity contribution in [3.8, 4) is 0 Å². The van der Waals surface area contributed by atoms with Gasteiger partial charge in [0.05, 0.1) is 11.1 Å². The highest BCUT2D eigenvalue weighted by Crippen LogP contribution is 2.25. The molecule has 0 atom stereocenters. The average Bonchev–Trinajstić information content (AvgIpc) is 2.85. The molecule has 8 nitrogen and oxygen atoms in total. The SMILES string of the molecule is CC(C)CC(=O)N1CCN(C(=O)Nc2ccc3c(c2)C(=O)N(C)C3=O)CC1. The number of imide groups is 1. The molecule has 1 fully saturated rings. The van der Waals surface area contributed by atoms with Crippen molar-refractivity contribution in [1.82, 2.24) is 14.7 Å². The molecule has 2 aliphatic heterocycles. The van der Waals surface area contributed by atoms with Crippen LogP contribution in [0.4, 0.5) is 10.5 Å². The summed E-state index contributed by atoms with van der Waals surface area (Å²) in [7, 11) is 1.43. The molecular formula is C19H24N4O4. The van der Waals surface area contributed by atoms with Crippen LogP contribution in [0.15, 0.2) is 18.2 Å². The number of urea groups is 1. The predicted octanol–water partition coefficient (Wildman–Crippen LogP) is 1.63. The Morgan fingerprint density at radius 3 is 2.22 bits per heavy atom. The molecule has 1 aromatic carbocycles. The molecule has 1 saturated heterocycles. The van der Waals surface area contributed by atoms with E-state index in [4.69, 9.17) is 0 Å². The van der Waals surface area contributed by atoms with E-state index in [0.29, 0.717) is 55.3 Å². The van der Waals surface area contributed by atoms with Crippen LogP contribution in [0.3, 0.4) is 0 Å². The minimum Gasteiger partial charge on any atom is -0.339 e. The molecule has 0 radical (unpaired) electrons. The second-order valence-electron chi connectivity index (χ2n) is 7.33. The van der Waals surface area contributed by atoms with E-state index in [0.717, 1.165) is 4.90 Å². The van der Waals surface area contributed by atoms with Crippen LogP contribution >= 0.6 is 0 Å². The second kappa shape index (κ2) is 7.38. The first-order chi connectivity index (χ1) is 12.8. The van der Waals surface area contributed by atoms with Crippen molar-refractivity contribution in [3.63, 3.8) is 0 Å². The molecule has 2 aliphatic rings. The standard InChI is InChI=1S/C19H24N4O4/c1-12(2)10-16(24)22-6-8-23(9-7-22)19(27)20-13-4-5-14-15(11-13)18(26)21(3)17(14)25/h4-5,11-12H,6-10H2,1-3H3,(H,20,27). The zero-order chi connectivity index (χ0) is 19.7. The zero-order valence-corrected chi connectivity index (χ0v) is 15.8. The molecular weight excluding hydrogens is 348 g/mol. The van der Waals surface area contributed by atoms with Gasteiger partial charge in [-0.3, -0.25) is 19.3 Å². The number of hydrogen-bond acceptors (Lipinski definition) is 4. The van der Waals surface area contributed by atoms with E-state index < -0.39 is 0 Å². The highest BCUT2D eigenvalue weighted by molar-refractivity contribution is 6.21. The topological polar surface area (TPSA) is 90.0 Å². The van der Waals surface area contributed by atoms with Gasteiger partial charge >= 0.3 is 6.03 Å². The second-order valence-corrected chi connectivity index (χ2v) is 7.33. The monoisotopic (exact) mass is 372 g/mol. The molecule has 0 spiro atoms. The van der Waals surface area contributed by atoms with Crippen LogP contribution in [0.1, 0.15) is 41.0 Å². The molecule has 0 aromatic heterocycles. The van der Waals surface area contributed by atoms with Crippen molar-refractivity contribution in [2.45, 2.75) is 20.3 Å². The Morgan fingerprint density at radius 2 is 1.59 bits per heavy atom. The van der Waals surface area contributed by atoms with Gasteiger partial charge in [-0.15, -0.1) is 0 Å². The molecule has 5 amide bonds. The van der Waals surface area contributed by atoms with E-state index in [1.807, 2.05) is 13.8 Å².